The fourth-order valence-electron chi connectivity index (χ4n) is 2.68. The Labute approximate surface area is 135 Å². The minimum absolute atomic E-state index is 0.191. The lowest BCUT2D eigenvalue weighted by molar-refractivity contribution is 0.0464. The van der Waals surface area contributed by atoms with E-state index in [4.69, 9.17) is 4.42 Å². The summed E-state index contributed by atoms with van der Waals surface area (Å²) < 4.78 is 5.29. The molecule has 1 aliphatic rings. The molecule has 3 rings (SSSR count). The van der Waals surface area contributed by atoms with Crippen LogP contribution in [0.4, 0.5) is 10.5 Å². The van der Waals surface area contributed by atoms with Gasteiger partial charge in [-0.05, 0) is 37.0 Å². The molecule has 2 aromatic rings. The second-order valence-electron chi connectivity index (χ2n) is 6.08. The van der Waals surface area contributed by atoms with Crippen LogP contribution in [0.3, 0.4) is 0 Å². The van der Waals surface area contributed by atoms with Crippen molar-refractivity contribution in [1.29, 1.82) is 0 Å². The fraction of sp³-hybridized carbons (Fsp3) is 0.412. The third-order valence-corrected chi connectivity index (χ3v) is 4.36. The number of β-amino-alcohol motifs (C(OH)–C–C–N with tert-alkyl or cyclic N) is 1. The van der Waals surface area contributed by atoms with E-state index in [1.165, 1.54) is 6.26 Å². The van der Waals surface area contributed by atoms with Gasteiger partial charge in [-0.15, -0.1) is 0 Å². The molecule has 6 nitrogen and oxygen atoms in total. The summed E-state index contributed by atoms with van der Waals surface area (Å²) in [5, 5.41) is 12.9. The molecule has 6 heteroatoms. The number of benzene rings is 1. The Kier molecular flexibility index (Phi) is 4.34. The van der Waals surface area contributed by atoms with Crippen molar-refractivity contribution in [1.82, 2.24) is 9.88 Å². The van der Waals surface area contributed by atoms with Gasteiger partial charge in [-0.2, -0.15) is 0 Å². The summed E-state index contributed by atoms with van der Waals surface area (Å²) in [4.78, 5) is 18.2. The number of nitrogens with zero attached hydrogens (tertiary/aromatic N) is 2. The number of aryl methyl sites for hydroxylation is 1. The molecule has 1 aromatic carbocycles. The Bertz CT molecular complexity index is 684. The smallest absolute Gasteiger partial charge is 0.321 e. The molecule has 2 heterocycles. The molecule has 0 spiro atoms. The average molecular weight is 315 g/mol. The number of aromatic nitrogens is 1. The maximum absolute atomic E-state index is 12.4. The highest BCUT2D eigenvalue weighted by Crippen LogP contribution is 2.25. The van der Waals surface area contributed by atoms with E-state index >= 15 is 0 Å². The topological polar surface area (TPSA) is 78.6 Å². The van der Waals surface area contributed by atoms with Crippen LogP contribution in [0.15, 0.2) is 35.1 Å². The number of carbonyl (C=O) groups excluding carboxylic acids is 1. The lowest BCUT2D eigenvalue weighted by atomic mass is 9.96. The number of hydrogen-bond donors (Lipinski definition) is 2. The molecule has 1 aromatic heterocycles. The predicted octanol–water partition coefficient (Wildman–Crippen LogP) is 2.88. The van der Waals surface area contributed by atoms with Gasteiger partial charge in [0.25, 0.3) is 0 Å². The molecule has 1 aliphatic heterocycles. The molecule has 0 saturated carbocycles. The molecule has 0 radical (unpaired) electrons. The van der Waals surface area contributed by atoms with Crippen LogP contribution in [-0.4, -0.2) is 40.2 Å². The van der Waals surface area contributed by atoms with Crippen LogP contribution >= 0.6 is 0 Å². The maximum Gasteiger partial charge on any atom is 0.321 e. The second-order valence-corrected chi connectivity index (χ2v) is 6.08. The number of nitrogens with one attached hydrogen (secondary N) is 1. The van der Waals surface area contributed by atoms with Gasteiger partial charge < -0.3 is 19.7 Å². The molecule has 1 fully saturated rings. The molecule has 2 N–H and O–H groups in total. The van der Waals surface area contributed by atoms with Crippen LogP contribution in [0.25, 0.3) is 11.5 Å². The van der Waals surface area contributed by atoms with E-state index < -0.39 is 6.10 Å². The van der Waals surface area contributed by atoms with Crippen LogP contribution in [0.1, 0.15) is 18.9 Å². The summed E-state index contributed by atoms with van der Waals surface area (Å²) in [7, 11) is 0. The molecule has 0 aliphatic carbocycles. The third-order valence-electron chi connectivity index (χ3n) is 4.36. The Balaban J connectivity index is 1.74. The largest absolute Gasteiger partial charge is 0.445 e. The van der Waals surface area contributed by atoms with Crippen LogP contribution in [0, 0.1) is 12.8 Å². The lowest BCUT2D eigenvalue weighted by Gasteiger charge is -2.34. The SMILES string of the molecule is Cc1ccc(-c2ncco2)cc1NC(=O)N1CCC(C)C(O)C1. The number of likely N-dealkylation sites (tertiary alicyclic amines) is 1. The zero-order chi connectivity index (χ0) is 16.4. The molecular weight excluding hydrogens is 294 g/mol. The molecule has 1 saturated heterocycles. The zero-order valence-corrected chi connectivity index (χ0v) is 13.3. The van der Waals surface area contributed by atoms with Crippen LogP contribution in [-0.2, 0) is 0 Å². The van der Waals surface area contributed by atoms with Gasteiger partial charge >= 0.3 is 6.03 Å². The highest BCUT2D eigenvalue weighted by molar-refractivity contribution is 5.91. The predicted molar refractivity (Wildman–Crippen MR) is 87.1 cm³/mol. The number of carbonyl (C=O) groups is 1. The summed E-state index contributed by atoms with van der Waals surface area (Å²) in [5.74, 6) is 0.747. The van der Waals surface area contributed by atoms with E-state index in [2.05, 4.69) is 10.3 Å². The first-order chi connectivity index (χ1) is 11.0. The van der Waals surface area contributed by atoms with E-state index in [0.29, 0.717) is 19.0 Å². The van der Waals surface area contributed by atoms with Crippen molar-refractivity contribution >= 4 is 11.7 Å². The molecule has 122 valence electrons. The molecular formula is C17H21N3O3. The molecule has 0 bridgehead atoms. The standard InChI is InChI=1S/C17H21N3O3/c1-11-3-4-13(16-18-6-8-23-16)9-14(11)19-17(22)20-7-5-12(2)15(21)10-20/h3-4,6,8-9,12,15,21H,5,7,10H2,1-2H3,(H,19,22). The van der Waals surface area contributed by atoms with Gasteiger partial charge in [0.05, 0.1) is 12.3 Å². The first-order valence-corrected chi connectivity index (χ1v) is 7.79. The first-order valence-electron chi connectivity index (χ1n) is 7.79. The summed E-state index contributed by atoms with van der Waals surface area (Å²) >= 11 is 0. The Hall–Kier alpha value is -2.34. The van der Waals surface area contributed by atoms with Gasteiger partial charge in [0.15, 0.2) is 0 Å². The number of amides is 2. The van der Waals surface area contributed by atoms with E-state index in [1.807, 2.05) is 32.0 Å². The second kappa shape index (κ2) is 6.42. The van der Waals surface area contributed by atoms with Crippen molar-refractivity contribution in [2.24, 2.45) is 5.92 Å². The highest BCUT2D eigenvalue weighted by Gasteiger charge is 2.27. The zero-order valence-electron chi connectivity index (χ0n) is 13.3. The minimum Gasteiger partial charge on any atom is -0.445 e. The van der Waals surface area contributed by atoms with Crippen molar-refractivity contribution in [3.63, 3.8) is 0 Å². The average Bonchev–Trinajstić information content (AvgIpc) is 3.06. The fourth-order valence-corrected chi connectivity index (χ4v) is 2.68. The van der Waals surface area contributed by atoms with Gasteiger partial charge in [0, 0.05) is 24.3 Å². The number of aliphatic hydroxyl groups is 1. The summed E-state index contributed by atoms with van der Waals surface area (Å²) in [5.41, 5.74) is 2.49. The van der Waals surface area contributed by atoms with E-state index in [-0.39, 0.29) is 11.9 Å². The van der Waals surface area contributed by atoms with E-state index in [0.717, 1.165) is 23.2 Å². The van der Waals surface area contributed by atoms with Crippen molar-refractivity contribution in [2.75, 3.05) is 18.4 Å². The lowest BCUT2D eigenvalue weighted by Crippen LogP contribution is -2.47. The molecule has 2 unspecified atom stereocenters. The van der Waals surface area contributed by atoms with Crippen LogP contribution < -0.4 is 5.32 Å². The van der Waals surface area contributed by atoms with E-state index in [1.54, 1.807) is 11.1 Å². The summed E-state index contributed by atoms with van der Waals surface area (Å²) in [6.07, 6.45) is 3.45. The van der Waals surface area contributed by atoms with Crippen molar-refractivity contribution < 1.29 is 14.3 Å². The number of anilines is 1. The van der Waals surface area contributed by atoms with Crippen molar-refractivity contribution in [2.45, 2.75) is 26.4 Å². The third kappa shape index (κ3) is 3.37. The molecule has 2 atom stereocenters. The van der Waals surface area contributed by atoms with E-state index in [9.17, 15) is 9.90 Å². The van der Waals surface area contributed by atoms with Crippen molar-refractivity contribution in [3.8, 4) is 11.5 Å². The quantitative estimate of drug-likeness (QED) is 0.893. The Morgan fingerprint density at radius 1 is 1.48 bits per heavy atom. The van der Waals surface area contributed by atoms with Gasteiger partial charge in [0.2, 0.25) is 5.89 Å². The normalized spacial score (nSPS) is 21.3. The van der Waals surface area contributed by atoms with Gasteiger partial charge in [0.1, 0.15) is 6.26 Å². The minimum atomic E-state index is -0.464. The molecule has 23 heavy (non-hydrogen) atoms. The number of oxazole rings is 1. The Morgan fingerprint density at radius 3 is 3.00 bits per heavy atom. The van der Waals surface area contributed by atoms with Gasteiger partial charge in [-0.1, -0.05) is 13.0 Å². The van der Waals surface area contributed by atoms with Gasteiger partial charge in [-0.25, -0.2) is 9.78 Å². The monoisotopic (exact) mass is 315 g/mol. The van der Waals surface area contributed by atoms with Crippen LogP contribution in [0.2, 0.25) is 0 Å². The number of urea groups is 1. The Morgan fingerprint density at radius 2 is 2.30 bits per heavy atom. The number of piperidine rings is 1. The van der Waals surface area contributed by atoms with Crippen molar-refractivity contribution in [3.05, 3.63) is 36.2 Å². The number of hydrogen-bond acceptors (Lipinski definition) is 4. The summed E-state index contributed by atoms with van der Waals surface area (Å²) in [6.45, 7) is 4.96. The first kappa shape index (κ1) is 15.6. The number of aliphatic hydroxyl groups excluding tert-OH is 1. The summed E-state index contributed by atoms with van der Waals surface area (Å²) in [6, 6.07) is 5.48. The molecule has 2 amide bonds. The van der Waals surface area contributed by atoms with Gasteiger partial charge in [-0.3, -0.25) is 0 Å². The number of rotatable bonds is 2. The maximum atomic E-state index is 12.4. The highest BCUT2D eigenvalue weighted by atomic mass is 16.3. The van der Waals surface area contributed by atoms with Crippen LogP contribution in [0.5, 0.6) is 0 Å².